The monoisotopic (exact) mass is 470 g/mol. The molecule has 0 spiro atoms. The third kappa shape index (κ3) is 4.79. The van der Waals surface area contributed by atoms with Gasteiger partial charge in [0.25, 0.3) is 5.56 Å². The summed E-state index contributed by atoms with van der Waals surface area (Å²) in [4.78, 5) is 30.0. The summed E-state index contributed by atoms with van der Waals surface area (Å²) < 4.78 is 23.5. The van der Waals surface area contributed by atoms with Crippen molar-refractivity contribution in [2.75, 3.05) is 6.26 Å². The first-order valence-electron chi connectivity index (χ1n) is 10.3. The van der Waals surface area contributed by atoms with Gasteiger partial charge in [-0.2, -0.15) is 0 Å². The lowest BCUT2D eigenvalue weighted by Gasteiger charge is -2.24. The van der Waals surface area contributed by atoms with Gasteiger partial charge in [-0.25, -0.2) is 13.2 Å². The molecule has 1 aromatic heterocycles. The lowest BCUT2D eigenvalue weighted by Crippen LogP contribution is -2.30. The molecular weight excluding hydrogens is 448 g/mol. The Morgan fingerprint density at radius 1 is 1.06 bits per heavy atom. The van der Waals surface area contributed by atoms with Crippen molar-refractivity contribution in [2.45, 2.75) is 36.5 Å². The van der Waals surface area contributed by atoms with Crippen molar-refractivity contribution in [3.8, 4) is 0 Å². The molecule has 1 aliphatic rings. The number of sulfone groups is 1. The largest absolute Gasteiger partial charge is 0.325 e. The number of halogens is 1. The van der Waals surface area contributed by atoms with Crippen LogP contribution in [0.15, 0.2) is 69.1 Å². The van der Waals surface area contributed by atoms with Gasteiger partial charge in [0.15, 0.2) is 9.84 Å². The third-order valence-corrected chi connectivity index (χ3v) is 7.25. The molecule has 1 unspecified atom stereocenters. The van der Waals surface area contributed by atoms with Crippen LogP contribution in [0.3, 0.4) is 0 Å². The molecule has 2 aromatic carbocycles. The second-order valence-corrected chi connectivity index (χ2v) is 10.5. The first kappa shape index (κ1) is 22.3. The lowest BCUT2D eigenvalue weighted by atomic mass is 9.83. The van der Waals surface area contributed by atoms with Crippen LogP contribution in [0, 0.1) is 0 Å². The van der Waals surface area contributed by atoms with Crippen LogP contribution in [-0.2, 0) is 16.3 Å². The van der Waals surface area contributed by atoms with Crippen molar-refractivity contribution in [1.29, 1.82) is 0 Å². The quantitative estimate of drug-likeness (QED) is 0.587. The molecule has 0 aliphatic heterocycles. The van der Waals surface area contributed by atoms with E-state index in [0.29, 0.717) is 35.5 Å². The number of aromatic nitrogens is 2. The maximum Gasteiger partial charge on any atom is 0.325 e. The van der Waals surface area contributed by atoms with E-state index in [0.717, 1.165) is 29.4 Å². The van der Waals surface area contributed by atoms with E-state index in [4.69, 9.17) is 11.6 Å². The van der Waals surface area contributed by atoms with Crippen molar-refractivity contribution < 1.29 is 8.42 Å². The Morgan fingerprint density at radius 2 is 1.81 bits per heavy atom. The fourth-order valence-corrected chi connectivity index (χ4v) is 5.20. The van der Waals surface area contributed by atoms with Crippen LogP contribution in [0.2, 0.25) is 5.02 Å². The fourth-order valence-electron chi connectivity index (χ4n) is 4.18. The average Bonchev–Trinajstić information content (AvgIpc) is 2.76. The van der Waals surface area contributed by atoms with E-state index in [-0.39, 0.29) is 16.4 Å². The molecule has 0 amide bonds. The predicted octanol–water partition coefficient (Wildman–Crippen LogP) is 4.06. The van der Waals surface area contributed by atoms with Gasteiger partial charge >= 0.3 is 5.69 Å². The van der Waals surface area contributed by atoms with Crippen molar-refractivity contribution in [2.24, 2.45) is 0 Å². The molecule has 4 rings (SSSR count). The molecule has 8 heteroatoms. The maximum atomic E-state index is 12.6. The molecule has 2 N–H and O–H groups in total. The minimum Gasteiger partial charge on any atom is -0.311 e. The minimum absolute atomic E-state index is 0.00142. The first-order valence-corrected chi connectivity index (χ1v) is 12.6. The smallest absolute Gasteiger partial charge is 0.311 e. The van der Waals surface area contributed by atoms with E-state index in [2.05, 4.69) is 16.0 Å². The summed E-state index contributed by atoms with van der Waals surface area (Å²) in [7, 11) is -3.33. The van der Waals surface area contributed by atoms with Gasteiger partial charge in [-0.05, 0) is 48.1 Å². The molecule has 1 atom stereocenters. The van der Waals surface area contributed by atoms with E-state index in [1.54, 1.807) is 12.1 Å². The number of hydrogen-bond donors (Lipinski definition) is 2. The van der Waals surface area contributed by atoms with Crippen LogP contribution in [0.5, 0.6) is 0 Å². The molecule has 0 saturated carbocycles. The second kappa shape index (κ2) is 8.92. The van der Waals surface area contributed by atoms with Gasteiger partial charge in [0.1, 0.15) is 0 Å². The molecule has 1 heterocycles. The summed E-state index contributed by atoms with van der Waals surface area (Å²) in [5.74, 6) is 0.00142. The van der Waals surface area contributed by atoms with Crippen molar-refractivity contribution in [3.63, 3.8) is 0 Å². The highest BCUT2D eigenvalue weighted by Crippen LogP contribution is 2.38. The zero-order valence-electron chi connectivity index (χ0n) is 17.5. The zero-order valence-corrected chi connectivity index (χ0v) is 19.1. The number of H-pyrrole nitrogens is 2. The fraction of sp³-hybridized carbons (Fsp3) is 0.250. The van der Waals surface area contributed by atoms with Crippen molar-refractivity contribution >= 4 is 27.0 Å². The highest BCUT2D eigenvalue weighted by molar-refractivity contribution is 7.90. The number of allylic oxidation sites excluding steroid dienone is 2. The Bertz CT molecular complexity index is 1410. The summed E-state index contributed by atoms with van der Waals surface area (Å²) in [6.07, 6.45) is 5.72. The van der Waals surface area contributed by atoms with Gasteiger partial charge in [0, 0.05) is 34.9 Å². The molecule has 6 nitrogen and oxygen atoms in total. The standard InChI is InChI=1S/C24H23ClN2O4S/c1-32(30,31)18-11-12-19(21(25)14-18)16-7-9-17(10-8-16)22-20(23(28)27-24(29)26-22)13-15-5-3-2-4-6-15/h2-7,11-12,14,17H,8-10,13H2,1H3,(H2,26,27,28,29). The second-order valence-electron chi connectivity index (χ2n) is 8.08. The highest BCUT2D eigenvalue weighted by Gasteiger charge is 2.23. The molecule has 0 saturated heterocycles. The van der Waals surface area contributed by atoms with E-state index < -0.39 is 15.5 Å². The first-order chi connectivity index (χ1) is 15.2. The van der Waals surface area contributed by atoms with Crippen LogP contribution in [0.25, 0.3) is 5.57 Å². The van der Waals surface area contributed by atoms with Crippen LogP contribution < -0.4 is 11.2 Å². The van der Waals surface area contributed by atoms with E-state index in [1.807, 2.05) is 30.3 Å². The van der Waals surface area contributed by atoms with Gasteiger partial charge in [0.05, 0.1) is 4.90 Å². The van der Waals surface area contributed by atoms with E-state index >= 15 is 0 Å². The summed E-state index contributed by atoms with van der Waals surface area (Å²) in [5, 5.41) is 0.395. The highest BCUT2D eigenvalue weighted by atomic mass is 35.5. The van der Waals surface area contributed by atoms with Gasteiger partial charge in [0.2, 0.25) is 0 Å². The average molecular weight is 471 g/mol. The van der Waals surface area contributed by atoms with E-state index in [1.165, 1.54) is 6.07 Å². The Hall–Kier alpha value is -2.90. The molecule has 0 bridgehead atoms. The Morgan fingerprint density at radius 3 is 2.44 bits per heavy atom. The number of hydrogen-bond acceptors (Lipinski definition) is 4. The van der Waals surface area contributed by atoms with E-state index in [9.17, 15) is 18.0 Å². The summed E-state index contributed by atoms with van der Waals surface area (Å²) in [6.45, 7) is 0. The predicted molar refractivity (Wildman–Crippen MR) is 126 cm³/mol. The summed E-state index contributed by atoms with van der Waals surface area (Å²) in [6, 6.07) is 14.4. The van der Waals surface area contributed by atoms with Crippen LogP contribution in [0.1, 0.15) is 47.6 Å². The number of nitrogens with one attached hydrogen (secondary N) is 2. The Kier molecular flexibility index (Phi) is 6.22. The molecular formula is C24H23ClN2O4S. The Labute approximate surface area is 190 Å². The SMILES string of the molecule is CS(=O)(=O)c1ccc(C2=CCC(c3[nH]c(=O)[nH]c(=O)c3Cc3ccccc3)CC2)c(Cl)c1. The lowest BCUT2D eigenvalue weighted by molar-refractivity contribution is 0.595. The molecule has 1 aliphatic carbocycles. The molecule has 166 valence electrons. The van der Waals surface area contributed by atoms with Crippen molar-refractivity contribution in [1.82, 2.24) is 9.97 Å². The van der Waals surface area contributed by atoms with Gasteiger partial charge in [-0.1, -0.05) is 54.1 Å². The van der Waals surface area contributed by atoms with Crippen LogP contribution in [-0.4, -0.2) is 24.6 Å². The third-order valence-electron chi connectivity index (χ3n) is 5.83. The molecule has 3 aromatic rings. The number of aromatic amines is 2. The van der Waals surface area contributed by atoms with Gasteiger partial charge < -0.3 is 4.98 Å². The van der Waals surface area contributed by atoms with Crippen LogP contribution >= 0.6 is 11.6 Å². The summed E-state index contributed by atoms with van der Waals surface area (Å²) in [5.41, 5.74) is 3.23. The maximum absolute atomic E-state index is 12.6. The van der Waals surface area contributed by atoms with Crippen LogP contribution in [0.4, 0.5) is 0 Å². The topological polar surface area (TPSA) is 99.9 Å². The van der Waals surface area contributed by atoms with Gasteiger partial charge in [-0.15, -0.1) is 0 Å². The van der Waals surface area contributed by atoms with Crippen molar-refractivity contribution in [3.05, 3.63) is 103 Å². The molecule has 0 radical (unpaired) electrons. The minimum atomic E-state index is -3.33. The summed E-state index contributed by atoms with van der Waals surface area (Å²) >= 11 is 6.38. The molecule has 0 fully saturated rings. The van der Waals surface area contributed by atoms with Gasteiger partial charge in [-0.3, -0.25) is 9.78 Å². The molecule has 32 heavy (non-hydrogen) atoms. The number of benzene rings is 2. The number of rotatable bonds is 5. The normalized spacial score (nSPS) is 16.6. The zero-order chi connectivity index (χ0) is 22.9. The Balaban J connectivity index is 1.63.